The van der Waals surface area contributed by atoms with E-state index in [1.807, 2.05) is 6.92 Å². The molecule has 0 spiro atoms. The number of hydrogen-bond acceptors (Lipinski definition) is 5. The van der Waals surface area contributed by atoms with E-state index in [0.29, 0.717) is 5.56 Å². The molecule has 7 nitrogen and oxygen atoms in total. The Balaban J connectivity index is 1.98. The van der Waals surface area contributed by atoms with Gasteiger partial charge in [-0.3, -0.25) is 14.5 Å². The number of nitrogens with zero attached hydrogens (tertiary/aromatic N) is 2. The second kappa shape index (κ2) is 5.15. The number of hydrogen-bond donors (Lipinski definition) is 1. The fourth-order valence-corrected chi connectivity index (χ4v) is 3.99. The van der Waals surface area contributed by atoms with Crippen LogP contribution >= 0.6 is 0 Å². The van der Waals surface area contributed by atoms with Gasteiger partial charge in [0.05, 0.1) is 17.4 Å². The molecule has 23 heavy (non-hydrogen) atoms. The summed E-state index contributed by atoms with van der Waals surface area (Å²) in [5, 5.41) is 8.72. The van der Waals surface area contributed by atoms with E-state index in [1.165, 1.54) is 18.2 Å². The average molecular weight is 333 g/mol. The quantitative estimate of drug-likeness (QED) is 0.640. The van der Waals surface area contributed by atoms with Gasteiger partial charge in [0.2, 0.25) is 15.9 Å². The number of carbonyl (C=O) groups is 2. The molecular formula is C15H15N3O4S. The van der Waals surface area contributed by atoms with E-state index in [-0.39, 0.29) is 23.4 Å². The number of fused-ring (bicyclic) bond motifs is 1. The van der Waals surface area contributed by atoms with Crippen molar-refractivity contribution in [2.45, 2.75) is 36.6 Å². The number of carbonyl (C=O) groups excluding carboxylic acids is 2. The van der Waals surface area contributed by atoms with Crippen LogP contribution in [0.4, 0.5) is 0 Å². The Morgan fingerprint density at radius 2 is 2.04 bits per heavy atom. The van der Waals surface area contributed by atoms with Crippen LogP contribution in [-0.2, 0) is 21.2 Å². The largest absolute Gasteiger partial charge is 0.274 e. The van der Waals surface area contributed by atoms with Crippen molar-refractivity contribution < 1.29 is 18.0 Å². The zero-order valence-electron chi connectivity index (χ0n) is 12.5. The maximum Gasteiger partial charge on any atom is 0.261 e. The Labute approximate surface area is 133 Å². The number of imide groups is 1. The van der Waals surface area contributed by atoms with Crippen LogP contribution in [0.1, 0.15) is 35.7 Å². The first kappa shape index (κ1) is 15.6. The third kappa shape index (κ3) is 2.85. The molecule has 1 saturated carbocycles. The Bertz CT molecular complexity index is 850. The van der Waals surface area contributed by atoms with Crippen molar-refractivity contribution in [3.63, 3.8) is 0 Å². The molecule has 0 radical (unpaired) electrons. The number of nitrogens with one attached hydrogen (secondary N) is 1. The van der Waals surface area contributed by atoms with E-state index in [9.17, 15) is 18.0 Å². The fourth-order valence-electron chi connectivity index (χ4n) is 2.50. The van der Waals surface area contributed by atoms with E-state index in [4.69, 9.17) is 5.26 Å². The van der Waals surface area contributed by atoms with Crippen LogP contribution in [-0.4, -0.2) is 37.2 Å². The molecule has 1 aliphatic carbocycles. The van der Waals surface area contributed by atoms with Crippen LogP contribution in [0, 0.1) is 11.3 Å². The third-order valence-corrected chi connectivity index (χ3v) is 5.76. The van der Waals surface area contributed by atoms with Gasteiger partial charge in [-0.1, -0.05) is 6.07 Å². The van der Waals surface area contributed by atoms with Crippen molar-refractivity contribution in [1.29, 1.82) is 5.26 Å². The molecule has 120 valence electrons. The summed E-state index contributed by atoms with van der Waals surface area (Å²) in [7, 11) is -3.73. The summed E-state index contributed by atoms with van der Waals surface area (Å²) >= 11 is 0. The van der Waals surface area contributed by atoms with Crippen molar-refractivity contribution in [2.75, 3.05) is 6.54 Å². The van der Waals surface area contributed by atoms with E-state index in [0.717, 1.165) is 17.7 Å². The van der Waals surface area contributed by atoms with Crippen molar-refractivity contribution in [1.82, 2.24) is 9.62 Å². The van der Waals surface area contributed by atoms with Crippen LogP contribution in [0.5, 0.6) is 0 Å². The zero-order valence-corrected chi connectivity index (χ0v) is 13.3. The van der Waals surface area contributed by atoms with Crippen LogP contribution in [0.3, 0.4) is 0 Å². The van der Waals surface area contributed by atoms with Gasteiger partial charge in [-0.2, -0.15) is 5.26 Å². The molecule has 1 fully saturated rings. The highest BCUT2D eigenvalue weighted by Crippen LogP contribution is 2.36. The summed E-state index contributed by atoms with van der Waals surface area (Å²) in [6.45, 7) is 1.48. The molecule has 1 N–H and O–H groups in total. The minimum Gasteiger partial charge on any atom is -0.274 e. The van der Waals surface area contributed by atoms with Crippen molar-refractivity contribution >= 4 is 21.8 Å². The summed E-state index contributed by atoms with van der Waals surface area (Å²) in [4.78, 5) is 25.0. The predicted octanol–water partition coefficient (Wildman–Crippen LogP) is 0.566. The van der Waals surface area contributed by atoms with Gasteiger partial charge in [-0.05, 0) is 37.5 Å². The van der Waals surface area contributed by atoms with Crippen molar-refractivity contribution in [3.05, 3.63) is 29.3 Å². The maximum absolute atomic E-state index is 12.4. The summed E-state index contributed by atoms with van der Waals surface area (Å²) in [6.07, 6.45) is 1.54. The van der Waals surface area contributed by atoms with Crippen molar-refractivity contribution in [2.24, 2.45) is 0 Å². The lowest BCUT2D eigenvalue weighted by Crippen LogP contribution is -2.42. The lowest BCUT2D eigenvalue weighted by Gasteiger charge is -2.25. The molecule has 1 heterocycles. The summed E-state index contributed by atoms with van der Waals surface area (Å²) in [5.41, 5.74) is 0.219. The molecule has 3 rings (SSSR count). The lowest BCUT2D eigenvalue weighted by molar-refractivity contribution is -0.127. The van der Waals surface area contributed by atoms with Gasteiger partial charge in [0, 0.05) is 11.1 Å². The first-order valence-electron chi connectivity index (χ1n) is 7.14. The van der Waals surface area contributed by atoms with Gasteiger partial charge >= 0.3 is 0 Å². The molecule has 0 unspecified atom stereocenters. The van der Waals surface area contributed by atoms with E-state index in [1.54, 1.807) is 6.07 Å². The Morgan fingerprint density at radius 1 is 1.35 bits per heavy atom. The average Bonchev–Trinajstić information content (AvgIpc) is 3.19. The molecule has 0 saturated heterocycles. The number of nitriles is 1. The highest BCUT2D eigenvalue weighted by Gasteiger charge is 2.41. The maximum atomic E-state index is 12.4. The van der Waals surface area contributed by atoms with Gasteiger partial charge in [-0.15, -0.1) is 0 Å². The van der Waals surface area contributed by atoms with Crippen molar-refractivity contribution in [3.8, 4) is 6.07 Å². The SMILES string of the molecule is CC1(NS(=O)(=O)c2ccc3c(c2)C(=O)N(CC#N)C(=O)C3)CC1. The second-order valence-corrected chi connectivity index (χ2v) is 7.79. The second-order valence-electron chi connectivity index (χ2n) is 6.11. The number of benzene rings is 1. The monoisotopic (exact) mass is 333 g/mol. The fraction of sp³-hybridized carbons (Fsp3) is 0.400. The minimum absolute atomic E-state index is 0.0102. The number of rotatable bonds is 4. The molecule has 2 amide bonds. The predicted molar refractivity (Wildman–Crippen MR) is 79.8 cm³/mol. The van der Waals surface area contributed by atoms with Crippen LogP contribution in [0.25, 0.3) is 0 Å². The van der Waals surface area contributed by atoms with Crippen LogP contribution in [0.2, 0.25) is 0 Å². The summed E-state index contributed by atoms with van der Waals surface area (Å²) in [6, 6.07) is 5.93. The molecular weight excluding hydrogens is 318 g/mol. The Morgan fingerprint density at radius 3 is 2.65 bits per heavy atom. The van der Waals surface area contributed by atoms with Gasteiger partial charge in [0.1, 0.15) is 6.54 Å². The highest BCUT2D eigenvalue weighted by molar-refractivity contribution is 7.89. The van der Waals surface area contributed by atoms with Gasteiger partial charge in [-0.25, -0.2) is 13.1 Å². The first-order chi connectivity index (χ1) is 10.8. The molecule has 1 aromatic rings. The summed E-state index contributed by atoms with van der Waals surface area (Å²) < 4.78 is 27.4. The van der Waals surface area contributed by atoms with Gasteiger partial charge in [0.15, 0.2) is 0 Å². The first-order valence-corrected chi connectivity index (χ1v) is 8.63. The molecule has 0 bridgehead atoms. The topological polar surface area (TPSA) is 107 Å². The molecule has 2 aliphatic rings. The third-order valence-electron chi connectivity index (χ3n) is 4.12. The minimum atomic E-state index is -3.73. The normalized spacial score (nSPS) is 19.2. The van der Waals surface area contributed by atoms with Crippen LogP contribution < -0.4 is 4.72 Å². The van der Waals surface area contributed by atoms with E-state index in [2.05, 4.69) is 4.72 Å². The molecule has 1 aromatic carbocycles. The highest BCUT2D eigenvalue weighted by atomic mass is 32.2. The number of amides is 2. The number of sulfonamides is 1. The lowest BCUT2D eigenvalue weighted by atomic mass is 9.98. The standard InChI is InChI=1S/C15H15N3O4S/c1-15(4-5-15)17-23(21,22)11-3-2-10-8-13(19)18(7-6-16)14(20)12(10)9-11/h2-3,9,17H,4-5,7-8H2,1H3. The van der Waals surface area contributed by atoms with E-state index >= 15 is 0 Å². The molecule has 1 aliphatic heterocycles. The molecule has 0 aromatic heterocycles. The molecule has 8 heteroatoms. The van der Waals surface area contributed by atoms with E-state index < -0.39 is 27.4 Å². The Hall–Kier alpha value is -2.24. The zero-order chi connectivity index (χ0) is 16.8. The van der Waals surface area contributed by atoms with Gasteiger partial charge in [0.25, 0.3) is 5.91 Å². The molecule has 0 atom stereocenters. The van der Waals surface area contributed by atoms with Crippen LogP contribution in [0.15, 0.2) is 23.1 Å². The summed E-state index contributed by atoms with van der Waals surface area (Å²) in [5.74, 6) is -1.09. The smallest absolute Gasteiger partial charge is 0.261 e. The van der Waals surface area contributed by atoms with Gasteiger partial charge < -0.3 is 0 Å². The Kier molecular flexibility index (Phi) is 3.50.